The second-order valence-electron chi connectivity index (χ2n) is 8.47. The molecule has 0 bridgehead atoms. The number of amides is 4. The Hall–Kier alpha value is -3.62. The Morgan fingerprint density at radius 2 is 1.91 bits per heavy atom. The van der Waals surface area contributed by atoms with Crippen LogP contribution in [0.3, 0.4) is 0 Å². The normalized spacial score (nSPS) is 18.2. The summed E-state index contributed by atoms with van der Waals surface area (Å²) in [4.78, 5) is 50.0. The van der Waals surface area contributed by atoms with E-state index in [4.69, 9.17) is 0 Å². The van der Waals surface area contributed by atoms with E-state index in [1.54, 1.807) is 37.3 Å². The van der Waals surface area contributed by atoms with E-state index in [9.17, 15) is 28.0 Å². The Bertz CT molecular complexity index is 1180. The van der Waals surface area contributed by atoms with Crippen molar-refractivity contribution in [3.63, 3.8) is 0 Å². The third kappa shape index (κ3) is 4.22. The Labute approximate surface area is 189 Å². The molecule has 2 aromatic carbocycles. The highest BCUT2D eigenvalue weighted by molar-refractivity contribution is 6.05. The van der Waals surface area contributed by atoms with Gasteiger partial charge in [-0.2, -0.15) is 8.78 Å². The monoisotopic (exact) mass is 455 g/mol. The summed E-state index contributed by atoms with van der Waals surface area (Å²) < 4.78 is 29.5. The summed E-state index contributed by atoms with van der Waals surface area (Å²) >= 11 is 0. The van der Waals surface area contributed by atoms with Crippen LogP contribution in [0.2, 0.25) is 0 Å². The number of fused-ring (bicyclic) bond motifs is 1. The van der Waals surface area contributed by atoms with Crippen LogP contribution in [0.1, 0.15) is 51.0 Å². The number of carbonyl (C=O) groups excluding carboxylic acids is 4. The number of nitrogens with one attached hydrogen (secondary N) is 2. The number of benzene rings is 2. The number of hydrogen-bond donors (Lipinski definition) is 2. The minimum Gasteiger partial charge on any atom is -0.346 e. The first kappa shape index (κ1) is 22.6. The fourth-order valence-corrected chi connectivity index (χ4v) is 4.23. The molecule has 2 aromatic rings. The van der Waals surface area contributed by atoms with Gasteiger partial charge in [-0.05, 0) is 49.1 Å². The summed E-state index contributed by atoms with van der Waals surface area (Å²) in [6.07, 6.45) is 0.406. The Morgan fingerprint density at radius 1 is 1.15 bits per heavy atom. The number of carbonyl (C=O) groups is 4. The zero-order valence-corrected chi connectivity index (χ0v) is 18.2. The van der Waals surface area contributed by atoms with Crippen LogP contribution in [0.5, 0.6) is 0 Å². The molecule has 0 aromatic heterocycles. The predicted octanol–water partition coefficient (Wildman–Crippen LogP) is 2.47. The molecular formula is C24H23F2N3O4. The molecular weight excluding hydrogens is 432 g/mol. The largest absolute Gasteiger partial charge is 0.350 e. The van der Waals surface area contributed by atoms with Gasteiger partial charge in [-0.1, -0.05) is 29.8 Å². The Morgan fingerprint density at radius 3 is 2.64 bits per heavy atom. The van der Waals surface area contributed by atoms with Crippen molar-refractivity contribution in [1.82, 2.24) is 15.5 Å². The molecule has 2 aliphatic heterocycles. The van der Waals surface area contributed by atoms with Gasteiger partial charge < -0.3 is 10.2 Å². The maximum Gasteiger partial charge on any atom is 0.350 e. The van der Waals surface area contributed by atoms with E-state index in [-0.39, 0.29) is 43.3 Å². The number of alkyl halides is 2. The molecule has 0 radical (unpaired) electrons. The summed E-state index contributed by atoms with van der Waals surface area (Å²) in [5.74, 6) is -6.29. The first-order chi connectivity index (χ1) is 15.6. The average Bonchev–Trinajstić information content (AvgIpc) is 3.09. The molecule has 172 valence electrons. The van der Waals surface area contributed by atoms with Crippen molar-refractivity contribution in [3.05, 3.63) is 69.8 Å². The van der Waals surface area contributed by atoms with Gasteiger partial charge in [0.25, 0.3) is 11.8 Å². The molecule has 2 N–H and O–H groups in total. The molecule has 4 amide bonds. The van der Waals surface area contributed by atoms with Crippen LogP contribution in [-0.4, -0.2) is 34.6 Å². The molecule has 0 aliphatic carbocycles. The van der Waals surface area contributed by atoms with Crippen molar-refractivity contribution in [2.24, 2.45) is 0 Å². The van der Waals surface area contributed by atoms with Crippen molar-refractivity contribution < 1.29 is 28.0 Å². The molecule has 0 spiro atoms. The first-order valence-corrected chi connectivity index (χ1v) is 10.6. The number of aryl methyl sites for hydroxylation is 2. The lowest BCUT2D eigenvalue weighted by Gasteiger charge is -2.29. The molecule has 7 nitrogen and oxygen atoms in total. The number of imide groups is 1. The van der Waals surface area contributed by atoms with E-state index < -0.39 is 23.8 Å². The smallest absolute Gasteiger partial charge is 0.346 e. The van der Waals surface area contributed by atoms with Crippen LogP contribution < -0.4 is 10.6 Å². The number of rotatable bonds is 5. The van der Waals surface area contributed by atoms with Gasteiger partial charge in [-0.3, -0.25) is 24.5 Å². The SMILES string of the molecule is Cc1ccc(C)c(C(F)(F)C(=O)NCc2ccc3c(c2)CN(C2CCC(=O)NC2=O)C3=O)c1. The third-order valence-electron chi connectivity index (χ3n) is 6.06. The highest BCUT2D eigenvalue weighted by Gasteiger charge is 2.42. The minimum absolute atomic E-state index is 0.140. The maximum atomic E-state index is 14.8. The molecule has 2 heterocycles. The minimum atomic E-state index is -3.69. The predicted molar refractivity (Wildman–Crippen MR) is 114 cm³/mol. The number of nitrogens with zero attached hydrogens (tertiary/aromatic N) is 1. The summed E-state index contributed by atoms with van der Waals surface area (Å²) in [6.45, 7) is 3.24. The van der Waals surface area contributed by atoms with Crippen molar-refractivity contribution in [2.45, 2.75) is 51.7 Å². The van der Waals surface area contributed by atoms with Gasteiger partial charge in [0.1, 0.15) is 6.04 Å². The lowest BCUT2D eigenvalue weighted by molar-refractivity contribution is -0.147. The van der Waals surface area contributed by atoms with Crippen LogP contribution in [-0.2, 0) is 33.4 Å². The number of hydrogen-bond acceptors (Lipinski definition) is 4. The van der Waals surface area contributed by atoms with Gasteiger partial charge in [0.2, 0.25) is 11.8 Å². The Balaban J connectivity index is 1.45. The summed E-state index contributed by atoms with van der Waals surface area (Å²) in [5.41, 5.74) is 2.22. The van der Waals surface area contributed by atoms with Gasteiger partial charge in [-0.15, -0.1) is 0 Å². The average molecular weight is 455 g/mol. The van der Waals surface area contributed by atoms with Gasteiger partial charge in [0, 0.05) is 30.6 Å². The fourth-order valence-electron chi connectivity index (χ4n) is 4.23. The zero-order chi connectivity index (χ0) is 23.9. The van der Waals surface area contributed by atoms with E-state index in [1.165, 1.54) is 17.9 Å². The van der Waals surface area contributed by atoms with Crippen LogP contribution in [0.25, 0.3) is 0 Å². The van der Waals surface area contributed by atoms with Crippen LogP contribution in [0.4, 0.5) is 8.78 Å². The molecule has 1 saturated heterocycles. The zero-order valence-electron chi connectivity index (χ0n) is 18.2. The van der Waals surface area contributed by atoms with E-state index in [0.717, 1.165) is 0 Å². The van der Waals surface area contributed by atoms with Crippen LogP contribution in [0, 0.1) is 13.8 Å². The highest BCUT2D eigenvalue weighted by atomic mass is 19.3. The second kappa shape index (κ2) is 8.38. The first-order valence-electron chi connectivity index (χ1n) is 10.6. The van der Waals surface area contributed by atoms with Gasteiger partial charge in [0.05, 0.1) is 0 Å². The van der Waals surface area contributed by atoms with Crippen molar-refractivity contribution in [1.29, 1.82) is 0 Å². The van der Waals surface area contributed by atoms with E-state index in [0.29, 0.717) is 27.8 Å². The molecule has 1 fully saturated rings. The third-order valence-corrected chi connectivity index (χ3v) is 6.06. The highest BCUT2D eigenvalue weighted by Crippen LogP contribution is 2.32. The standard InChI is InChI=1S/C24H23F2N3O4/c1-13-3-4-14(2)18(9-13)24(25,26)23(33)27-11-15-5-6-17-16(10-15)12-29(22(17)32)19-7-8-20(30)28-21(19)31/h3-6,9-10,19H,7-8,11-12H2,1-2H3,(H,27,33)(H,28,30,31). The molecule has 0 saturated carbocycles. The molecule has 4 rings (SSSR count). The van der Waals surface area contributed by atoms with Gasteiger partial charge in [-0.25, -0.2) is 0 Å². The van der Waals surface area contributed by atoms with Gasteiger partial charge in [0.15, 0.2) is 0 Å². The fraction of sp³-hybridized carbons (Fsp3) is 0.333. The molecule has 1 unspecified atom stereocenters. The quantitative estimate of drug-likeness (QED) is 0.678. The van der Waals surface area contributed by atoms with Crippen LogP contribution >= 0.6 is 0 Å². The lowest BCUT2D eigenvalue weighted by Crippen LogP contribution is -2.52. The molecule has 2 aliphatic rings. The Kier molecular flexibility index (Phi) is 5.73. The lowest BCUT2D eigenvalue weighted by atomic mass is 9.99. The van der Waals surface area contributed by atoms with E-state index in [2.05, 4.69) is 10.6 Å². The van der Waals surface area contributed by atoms with Crippen molar-refractivity contribution >= 4 is 23.6 Å². The topological polar surface area (TPSA) is 95.6 Å². The van der Waals surface area contributed by atoms with Crippen LogP contribution in [0.15, 0.2) is 36.4 Å². The van der Waals surface area contributed by atoms with E-state index >= 15 is 0 Å². The molecule has 9 heteroatoms. The van der Waals surface area contributed by atoms with Crippen molar-refractivity contribution in [3.8, 4) is 0 Å². The summed E-state index contributed by atoms with van der Waals surface area (Å²) in [7, 11) is 0. The van der Waals surface area contributed by atoms with E-state index in [1.807, 2.05) is 0 Å². The second-order valence-corrected chi connectivity index (χ2v) is 8.47. The van der Waals surface area contributed by atoms with Gasteiger partial charge >= 0.3 is 5.92 Å². The molecule has 33 heavy (non-hydrogen) atoms. The molecule has 1 atom stereocenters. The summed E-state index contributed by atoms with van der Waals surface area (Å²) in [6, 6.07) is 8.64. The number of halogens is 2. The maximum absolute atomic E-state index is 14.8. The summed E-state index contributed by atoms with van der Waals surface area (Å²) in [5, 5.41) is 4.53. The van der Waals surface area contributed by atoms with Crippen molar-refractivity contribution in [2.75, 3.05) is 0 Å². The number of piperidine rings is 1.